The fourth-order valence-electron chi connectivity index (χ4n) is 2.14. The summed E-state index contributed by atoms with van der Waals surface area (Å²) in [6.07, 6.45) is 2.96. The summed E-state index contributed by atoms with van der Waals surface area (Å²) in [6, 6.07) is 6.29. The second-order valence-corrected chi connectivity index (χ2v) is 7.08. The molecule has 108 valence electrons. The third kappa shape index (κ3) is 3.11. The van der Waals surface area contributed by atoms with Crippen LogP contribution in [-0.4, -0.2) is 25.8 Å². The Morgan fingerprint density at radius 2 is 2.15 bits per heavy atom. The molecule has 2 N–H and O–H groups in total. The van der Waals surface area contributed by atoms with E-state index in [4.69, 9.17) is 11.0 Å². The minimum Gasteiger partial charge on any atom is -0.398 e. The van der Waals surface area contributed by atoms with Gasteiger partial charge in [-0.1, -0.05) is 6.92 Å². The molecule has 0 amide bonds. The highest BCUT2D eigenvalue weighted by Crippen LogP contribution is 2.32. The number of nitriles is 1. The van der Waals surface area contributed by atoms with Crippen LogP contribution in [-0.2, 0) is 10.0 Å². The molecule has 6 heteroatoms. The Morgan fingerprint density at radius 3 is 2.65 bits per heavy atom. The van der Waals surface area contributed by atoms with Crippen LogP contribution in [0.15, 0.2) is 23.1 Å². The van der Waals surface area contributed by atoms with Crippen molar-refractivity contribution < 1.29 is 8.42 Å². The molecule has 1 saturated carbocycles. The first-order chi connectivity index (χ1) is 9.48. The van der Waals surface area contributed by atoms with Gasteiger partial charge in [0.15, 0.2) is 0 Å². The third-order valence-electron chi connectivity index (χ3n) is 3.39. The van der Waals surface area contributed by atoms with Crippen LogP contribution in [0, 0.1) is 17.2 Å². The largest absolute Gasteiger partial charge is 0.398 e. The number of nitrogens with two attached hydrogens (primary N) is 1. The van der Waals surface area contributed by atoms with Crippen LogP contribution >= 0.6 is 0 Å². The van der Waals surface area contributed by atoms with Gasteiger partial charge in [0.25, 0.3) is 0 Å². The molecule has 2 rings (SSSR count). The van der Waals surface area contributed by atoms with Gasteiger partial charge in [0.2, 0.25) is 10.0 Å². The summed E-state index contributed by atoms with van der Waals surface area (Å²) in [5.41, 5.74) is 6.31. The molecule has 0 radical (unpaired) electrons. The van der Waals surface area contributed by atoms with Crippen LogP contribution < -0.4 is 5.73 Å². The van der Waals surface area contributed by atoms with Crippen molar-refractivity contribution >= 4 is 15.7 Å². The van der Waals surface area contributed by atoms with Gasteiger partial charge in [-0.05, 0) is 43.4 Å². The van der Waals surface area contributed by atoms with E-state index in [-0.39, 0.29) is 10.6 Å². The molecule has 0 saturated heterocycles. The smallest absolute Gasteiger partial charge is 0.245 e. The van der Waals surface area contributed by atoms with E-state index in [9.17, 15) is 8.42 Å². The second kappa shape index (κ2) is 5.81. The molecule has 0 spiro atoms. The minimum atomic E-state index is -3.58. The third-order valence-corrected chi connectivity index (χ3v) is 5.33. The lowest BCUT2D eigenvalue weighted by atomic mass is 10.2. The lowest BCUT2D eigenvalue weighted by Gasteiger charge is -2.22. The van der Waals surface area contributed by atoms with Gasteiger partial charge in [-0.15, -0.1) is 0 Å². The summed E-state index contributed by atoms with van der Waals surface area (Å²) in [4.78, 5) is 0.102. The Labute approximate surface area is 120 Å². The number of benzene rings is 1. The molecule has 5 nitrogen and oxygen atoms in total. The fourth-order valence-corrected chi connectivity index (χ4v) is 3.84. The maximum atomic E-state index is 12.7. The van der Waals surface area contributed by atoms with Crippen molar-refractivity contribution in [2.45, 2.75) is 31.1 Å². The molecular weight excluding hydrogens is 274 g/mol. The van der Waals surface area contributed by atoms with Gasteiger partial charge in [0, 0.05) is 13.1 Å². The van der Waals surface area contributed by atoms with Crippen LogP contribution in [0.4, 0.5) is 5.69 Å². The number of rotatable bonds is 6. The molecule has 0 heterocycles. The predicted molar refractivity (Wildman–Crippen MR) is 77.3 cm³/mol. The van der Waals surface area contributed by atoms with Crippen molar-refractivity contribution in [3.63, 3.8) is 0 Å². The van der Waals surface area contributed by atoms with Gasteiger partial charge in [0.1, 0.15) is 4.90 Å². The zero-order valence-corrected chi connectivity index (χ0v) is 12.4. The molecule has 1 aromatic carbocycles. The Balaban J connectivity index is 2.33. The van der Waals surface area contributed by atoms with Crippen molar-refractivity contribution in [2.24, 2.45) is 5.92 Å². The molecule has 0 unspecified atom stereocenters. The Bertz CT molecular complexity index is 630. The van der Waals surface area contributed by atoms with Crippen LogP contribution in [0.2, 0.25) is 0 Å². The molecular formula is C14H19N3O2S. The maximum absolute atomic E-state index is 12.7. The molecule has 1 aliphatic rings. The molecule has 1 aromatic rings. The van der Waals surface area contributed by atoms with Gasteiger partial charge >= 0.3 is 0 Å². The molecule has 0 bridgehead atoms. The van der Waals surface area contributed by atoms with E-state index in [0.29, 0.717) is 24.6 Å². The second-order valence-electron chi connectivity index (χ2n) is 5.17. The predicted octanol–water partition coefficient (Wildman–Crippen LogP) is 1.95. The number of hydrogen-bond acceptors (Lipinski definition) is 4. The first-order valence-corrected chi connectivity index (χ1v) is 8.22. The number of sulfonamides is 1. The summed E-state index contributed by atoms with van der Waals surface area (Å²) in [5, 5.41) is 8.81. The Hall–Kier alpha value is -1.58. The van der Waals surface area contributed by atoms with Crippen molar-refractivity contribution in [2.75, 3.05) is 18.8 Å². The van der Waals surface area contributed by atoms with E-state index in [1.54, 1.807) is 0 Å². The van der Waals surface area contributed by atoms with E-state index < -0.39 is 10.0 Å². The summed E-state index contributed by atoms with van der Waals surface area (Å²) < 4.78 is 26.9. The van der Waals surface area contributed by atoms with Crippen molar-refractivity contribution in [1.82, 2.24) is 4.31 Å². The monoisotopic (exact) mass is 293 g/mol. The van der Waals surface area contributed by atoms with Crippen molar-refractivity contribution in [3.05, 3.63) is 23.8 Å². The summed E-state index contributed by atoms with van der Waals surface area (Å²) in [7, 11) is -3.58. The standard InChI is InChI=1S/C14H19N3O2S/c1-2-7-17(10-11-3-4-11)20(18,19)14-6-5-12(9-15)8-13(14)16/h5-6,8,11H,2-4,7,10,16H2,1H3. The minimum absolute atomic E-state index is 0.102. The SMILES string of the molecule is CCCN(CC1CC1)S(=O)(=O)c1ccc(C#N)cc1N. The number of anilines is 1. The normalized spacial score (nSPS) is 15.2. The zero-order valence-electron chi connectivity index (χ0n) is 11.5. The molecule has 0 atom stereocenters. The van der Waals surface area contributed by atoms with Crippen molar-refractivity contribution in [1.29, 1.82) is 5.26 Å². The average molecular weight is 293 g/mol. The molecule has 1 aliphatic carbocycles. The highest BCUT2D eigenvalue weighted by atomic mass is 32.2. The maximum Gasteiger partial charge on any atom is 0.245 e. The molecule has 1 fully saturated rings. The quantitative estimate of drug-likeness (QED) is 0.812. The first-order valence-electron chi connectivity index (χ1n) is 6.78. The highest BCUT2D eigenvalue weighted by Gasteiger charge is 2.32. The number of nitrogen functional groups attached to an aromatic ring is 1. The fraction of sp³-hybridized carbons (Fsp3) is 0.500. The van der Waals surface area contributed by atoms with E-state index in [0.717, 1.165) is 19.3 Å². The van der Waals surface area contributed by atoms with Gasteiger partial charge < -0.3 is 5.73 Å². The van der Waals surface area contributed by atoms with Crippen LogP contribution in [0.3, 0.4) is 0 Å². The van der Waals surface area contributed by atoms with Crippen LogP contribution in [0.1, 0.15) is 31.7 Å². The summed E-state index contributed by atoms with van der Waals surface area (Å²) in [5.74, 6) is 0.482. The van der Waals surface area contributed by atoms with Gasteiger partial charge in [-0.3, -0.25) is 0 Å². The molecule has 0 aromatic heterocycles. The Morgan fingerprint density at radius 1 is 1.45 bits per heavy atom. The van der Waals surface area contributed by atoms with Gasteiger partial charge in [-0.25, -0.2) is 8.42 Å². The summed E-state index contributed by atoms with van der Waals surface area (Å²) in [6.45, 7) is 3.02. The van der Waals surface area contributed by atoms with E-state index in [1.807, 2.05) is 13.0 Å². The molecule has 0 aliphatic heterocycles. The number of hydrogen-bond donors (Lipinski definition) is 1. The first kappa shape index (κ1) is 14.8. The lowest BCUT2D eigenvalue weighted by molar-refractivity contribution is 0.396. The van der Waals surface area contributed by atoms with E-state index in [1.165, 1.54) is 22.5 Å². The van der Waals surface area contributed by atoms with E-state index in [2.05, 4.69) is 0 Å². The van der Waals surface area contributed by atoms with Gasteiger partial charge in [-0.2, -0.15) is 9.57 Å². The van der Waals surface area contributed by atoms with E-state index >= 15 is 0 Å². The highest BCUT2D eigenvalue weighted by molar-refractivity contribution is 7.89. The Kier molecular flexibility index (Phi) is 4.31. The molecule has 20 heavy (non-hydrogen) atoms. The average Bonchev–Trinajstić information content (AvgIpc) is 3.21. The van der Waals surface area contributed by atoms with Crippen LogP contribution in [0.25, 0.3) is 0 Å². The van der Waals surface area contributed by atoms with Gasteiger partial charge in [0.05, 0.1) is 17.3 Å². The topological polar surface area (TPSA) is 87.2 Å². The zero-order chi connectivity index (χ0) is 14.8. The number of nitrogens with zero attached hydrogens (tertiary/aromatic N) is 2. The van der Waals surface area contributed by atoms with Crippen molar-refractivity contribution in [3.8, 4) is 6.07 Å². The van der Waals surface area contributed by atoms with Crippen LogP contribution in [0.5, 0.6) is 0 Å². The summed E-state index contributed by atoms with van der Waals surface area (Å²) >= 11 is 0. The lowest BCUT2D eigenvalue weighted by Crippen LogP contribution is -2.34.